The number of nitrogens with one attached hydrogen (secondary N) is 1. The van der Waals surface area contributed by atoms with Gasteiger partial charge in [0.2, 0.25) is 0 Å². The van der Waals surface area contributed by atoms with E-state index in [0.717, 1.165) is 10.4 Å². The van der Waals surface area contributed by atoms with Gasteiger partial charge in [-0.05, 0) is 43.3 Å². The SMILES string of the molecule is Cc1sc(NC(=O)c2cccnc2Cl)nc1-c1ccc(OC(F)F)cc1. The molecule has 0 atom stereocenters. The molecule has 0 aliphatic heterocycles. The third kappa shape index (κ3) is 4.14. The summed E-state index contributed by atoms with van der Waals surface area (Å²) in [5.74, 6) is -0.347. The summed E-state index contributed by atoms with van der Waals surface area (Å²) in [6.07, 6.45) is 1.49. The highest BCUT2D eigenvalue weighted by atomic mass is 35.5. The quantitative estimate of drug-likeness (QED) is 0.616. The maximum Gasteiger partial charge on any atom is 0.387 e. The van der Waals surface area contributed by atoms with Crippen LogP contribution in [0.15, 0.2) is 42.6 Å². The fourth-order valence-electron chi connectivity index (χ4n) is 2.23. The van der Waals surface area contributed by atoms with Crippen LogP contribution >= 0.6 is 22.9 Å². The number of carbonyl (C=O) groups is 1. The summed E-state index contributed by atoms with van der Waals surface area (Å²) >= 11 is 7.21. The van der Waals surface area contributed by atoms with Crippen molar-refractivity contribution in [1.29, 1.82) is 0 Å². The van der Waals surface area contributed by atoms with Crippen LogP contribution in [0.2, 0.25) is 5.15 Å². The van der Waals surface area contributed by atoms with Gasteiger partial charge in [-0.1, -0.05) is 11.6 Å². The highest BCUT2D eigenvalue weighted by Crippen LogP contribution is 2.32. The van der Waals surface area contributed by atoms with Crippen molar-refractivity contribution in [1.82, 2.24) is 9.97 Å². The molecule has 134 valence electrons. The fraction of sp³-hybridized carbons (Fsp3) is 0.118. The molecule has 0 aliphatic rings. The molecule has 3 rings (SSSR count). The van der Waals surface area contributed by atoms with E-state index in [0.29, 0.717) is 10.8 Å². The monoisotopic (exact) mass is 395 g/mol. The summed E-state index contributed by atoms with van der Waals surface area (Å²) in [6, 6.07) is 9.31. The van der Waals surface area contributed by atoms with E-state index in [1.807, 2.05) is 6.92 Å². The van der Waals surface area contributed by atoms with Crippen molar-refractivity contribution in [2.24, 2.45) is 0 Å². The Kier molecular flexibility index (Phi) is 5.43. The molecule has 1 N–H and O–H groups in total. The number of ether oxygens (including phenoxy) is 1. The molecule has 2 heterocycles. The van der Waals surface area contributed by atoms with E-state index in [1.54, 1.807) is 24.3 Å². The minimum Gasteiger partial charge on any atom is -0.435 e. The van der Waals surface area contributed by atoms with Crippen molar-refractivity contribution in [2.45, 2.75) is 13.5 Å². The van der Waals surface area contributed by atoms with E-state index in [4.69, 9.17) is 11.6 Å². The van der Waals surface area contributed by atoms with Crippen LogP contribution in [-0.2, 0) is 0 Å². The molecule has 0 saturated carbocycles. The molecule has 0 bridgehead atoms. The van der Waals surface area contributed by atoms with E-state index < -0.39 is 12.5 Å². The average Bonchev–Trinajstić information content (AvgIpc) is 2.95. The lowest BCUT2D eigenvalue weighted by Gasteiger charge is -2.05. The summed E-state index contributed by atoms with van der Waals surface area (Å²) in [6.45, 7) is -1.02. The molecule has 0 spiro atoms. The van der Waals surface area contributed by atoms with E-state index >= 15 is 0 Å². The van der Waals surface area contributed by atoms with Crippen LogP contribution in [0.1, 0.15) is 15.2 Å². The number of hydrogen-bond acceptors (Lipinski definition) is 5. The number of nitrogens with zero attached hydrogens (tertiary/aromatic N) is 2. The third-order valence-corrected chi connectivity index (χ3v) is 4.56. The molecule has 0 unspecified atom stereocenters. The van der Waals surface area contributed by atoms with Crippen LogP contribution in [0.5, 0.6) is 5.75 Å². The second-order valence-corrected chi connectivity index (χ2v) is 6.68. The van der Waals surface area contributed by atoms with Crippen molar-refractivity contribution < 1.29 is 18.3 Å². The van der Waals surface area contributed by atoms with Crippen LogP contribution in [-0.4, -0.2) is 22.5 Å². The van der Waals surface area contributed by atoms with Crippen LogP contribution < -0.4 is 10.1 Å². The normalized spacial score (nSPS) is 10.8. The Morgan fingerprint density at radius 2 is 2.00 bits per heavy atom. The Hall–Kier alpha value is -2.58. The van der Waals surface area contributed by atoms with Gasteiger partial charge in [-0.2, -0.15) is 8.78 Å². The Bertz CT molecular complexity index is 932. The maximum atomic E-state index is 12.3. The number of alkyl halides is 2. The highest BCUT2D eigenvalue weighted by Gasteiger charge is 2.15. The zero-order chi connectivity index (χ0) is 18.7. The summed E-state index contributed by atoms with van der Waals surface area (Å²) < 4.78 is 28.8. The molecule has 1 amide bonds. The molecule has 2 aromatic heterocycles. The minimum absolute atomic E-state index is 0.0661. The molecule has 5 nitrogen and oxygen atoms in total. The molecule has 9 heteroatoms. The smallest absolute Gasteiger partial charge is 0.387 e. The number of benzene rings is 1. The second kappa shape index (κ2) is 7.76. The Balaban J connectivity index is 1.79. The first-order chi connectivity index (χ1) is 12.4. The van der Waals surface area contributed by atoms with E-state index in [2.05, 4.69) is 20.0 Å². The predicted octanol–water partition coefficient (Wildman–Crippen LogP) is 5.02. The molecular weight excluding hydrogens is 384 g/mol. The van der Waals surface area contributed by atoms with E-state index in [1.165, 1.54) is 29.7 Å². The number of carbonyl (C=O) groups excluding carboxylic acids is 1. The molecule has 0 saturated heterocycles. The summed E-state index contributed by atoms with van der Waals surface area (Å²) in [5, 5.41) is 3.19. The Morgan fingerprint density at radius 3 is 2.65 bits per heavy atom. The van der Waals surface area contributed by atoms with Crippen molar-refractivity contribution >= 4 is 34.0 Å². The van der Waals surface area contributed by atoms with Gasteiger partial charge in [-0.3, -0.25) is 10.1 Å². The van der Waals surface area contributed by atoms with Gasteiger partial charge in [0, 0.05) is 16.6 Å². The van der Waals surface area contributed by atoms with Gasteiger partial charge >= 0.3 is 6.61 Å². The predicted molar refractivity (Wildman–Crippen MR) is 96.1 cm³/mol. The lowest BCUT2D eigenvalue weighted by molar-refractivity contribution is -0.0498. The van der Waals surface area contributed by atoms with Crippen LogP contribution in [0.25, 0.3) is 11.3 Å². The van der Waals surface area contributed by atoms with Gasteiger partial charge in [-0.15, -0.1) is 11.3 Å². The van der Waals surface area contributed by atoms with Crippen LogP contribution in [0, 0.1) is 6.92 Å². The summed E-state index contributed by atoms with van der Waals surface area (Å²) in [7, 11) is 0. The molecule has 0 aliphatic carbocycles. The number of hydrogen-bond donors (Lipinski definition) is 1. The molecule has 26 heavy (non-hydrogen) atoms. The van der Waals surface area contributed by atoms with Gasteiger partial charge in [0.05, 0.1) is 11.3 Å². The number of pyridine rings is 1. The molecule has 1 aromatic carbocycles. The average molecular weight is 396 g/mol. The van der Waals surface area contributed by atoms with E-state index in [9.17, 15) is 13.6 Å². The lowest BCUT2D eigenvalue weighted by Crippen LogP contribution is -2.12. The molecule has 0 radical (unpaired) electrons. The highest BCUT2D eigenvalue weighted by molar-refractivity contribution is 7.16. The number of anilines is 1. The molecular formula is C17H12ClF2N3O2S. The first-order valence-corrected chi connectivity index (χ1v) is 8.58. The van der Waals surface area contributed by atoms with Gasteiger partial charge in [0.25, 0.3) is 5.91 Å². The van der Waals surface area contributed by atoms with Gasteiger partial charge < -0.3 is 4.74 Å². The van der Waals surface area contributed by atoms with Crippen molar-refractivity contribution in [3.63, 3.8) is 0 Å². The van der Waals surface area contributed by atoms with Crippen molar-refractivity contribution in [3.8, 4) is 17.0 Å². The minimum atomic E-state index is -2.87. The van der Waals surface area contributed by atoms with Gasteiger partial charge in [-0.25, -0.2) is 9.97 Å². The number of rotatable bonds is 5. The van der Waals surface area contributed by atoms with Crippen LogP contribution in [0.4, 0.5) is 13.9 Å². The number of halogens is 3. The summed E-state index contributed by atoms with van der Waals surface area (Å²) in [4.78, 5) is 21.4. The number of aromatic nitrogens is 2. The first kappa shape index (κ1) is 18.2. The van der Waals surface area contributed by atoms with Gasteiger partial charge in [0.15, 0.2) is 5.13 Å². The van der Waals surface area contributed by atoms with Crippen molar-refractivity contribution in [3.05, 3.63) is 58.2 Å². The first-order valence-electron chi connectivity index (χ1n) is 7.38. The van der Waals surface area contributed by atoms with Gasteiger partial charge in [0.1, 0.15) is 10.9 Å². The summed E-state index contributed by atoms with van der Waals surface area (Å²) in [5.41, 5.74) is 1.61. The molecule has 0 fully saturated rings. The molecule has 3 aromatic rings. The third-order valence-electron chi connectivity index (χ3n) is 3.37. The van der Waals surface area contributed by atoms with Crippen molar-refractivity contribution in [2.75, 3.05) is 5.32 Å². The largest absolute Gasteiger partial charge is 0.435 e. The zero-order valence-electron chi connectivity index (χ0n) is 13.4. The fourth-order valence-corrected chi connectivity index (χ4v) is 3.27. The number of aryl methyl sites for hydroxylation is 1. The topological polar surface area (TPSA) is 64.1 Å². The number of thiazole rings is 1. The zero-order valence-corrected chi connectivity index (χ0v) is 14.9. The van der Waals surface area contributed by atoms with Crippen LogP contribution in [0.3, 0.4) is 0 Å². The lowest BCUT2D eigenvalue weighted by atomic mass is 10.1. The Morgan fingerprint density at radius 1 is 1.27 bits per heavy atom. The maximum absolute atomic E-state index is 12.3. The standard InChI is InChI=1S/C17H12ClF2N3O2S/c1-9-13(10-4-6-11(7-5-10)25-16(19)20)22-17(26-9)23-15(24)12-3-2-8-21-14(12)18/h2-8,16H,1H3,(H,22,23,24). The second-order valence-electron chi connectivity index (χ2n) is 5.12. The Labute approximate surface area is 156 Å². The van der Waals surface area contributed by atoms with E-state index in [-0.39, 0.29) is 16.5 Å². The number of amides is 1.